The van der Waals surface area contributed by atoms with Crippen LogP contribution in [0.2, 0.25) is 0 Å². The summed E-state index contributed by atoms with van der Waals surface area (Å²) in [6.07, 6.45) is 0.548. The van der Waals surface area contributed by atoms with E-state index in [0.29, 0.717) is 5.75 Å². The van der Waals surface area contributed by atoms with Gasteiger partial charge in [-0.2, -0.15) is 11.8 Å². The lowest BCUT2D eigenvalue weighted by molar-refractivity contribution is -0.143. The second kappa shape index (κ2) is 13.4. The van der Waals surface area contributed by atoms with Crippen molar-refractivity contribution in [2.75, 3.05) is 12.0 Å². The molecule has 30 heavy (non-hydrogen) atoms. The molecule has 0 bridgehead atoms. The van der Waals surface area contributed by atoms with Crippen molar-refractivity contribution < 1.29 is 39.0 Å². The number of carboxylic acid groups (broad SMARTS) is 2. The summed E-state index contributed by atoms with van der Waals surface area (Å²) in [5.41, 5.74) is 10.4. The minimum atomic E-state index is -1.59. The minimum absolute atomic E-state index is 0.125. The van der Waals surface area contributed by atoms with Crippen LogP contribution in [0.25, 0.3) is 0 Å². The molecule has 4 amide bonds. The van der Waals surface area contributed by atoms with Crippen LogP contribution in [0.5, 0.6) is 0 Å². The van der Waals surface area contributed by atoms with Crippen LogP contribution in [0.15, 0.2) is 0 Å². The van der Waals surface area contributed by atoms with Crippen LogP contribution in [0.4, 0.5) is 0 Å². The molecule has 0 radical (unpaired) electrons. The fraction of sp³-hybridized carbons (Fsp3) is 0.625. The molecule has 0 saturated heterocycles. The maximum Gasteiger partial charge on any atom is 0.325 e. The Kier molecular flexibility index (Phi) is 12.1. The predicted molar refractivity (Wildman–Crippen MR) is 106 cm³/mol. The number of amides is 4. The Bertz CT molecular complexity index is 674. The Labute approximate surface area is 176 Å². The van der Waals surface area contributed by atoms with Gasteiger partial charge < -0.3 is 37.6 Å². The first-order chi connectivity index (χ1) is 13.9. The van der Waals surface area contributed by atoms with E-state index < -0.39 is 72.6 Å². The van der Waals surface area contributed by atoms with Crippen molar-refractivity contribution in [2.24, 2.45) is 11.5 Å². The molecule has 9 N–H and O–H groups in total. The molecule has 0 aliphatic rings. The van der Waals surface area contributed by atoms with Crippen molar-refractivity contribution in [2.45, 2.75) is 50.4 Å². The monoisotopic (exact) mass is 449 g/mol. The third kappa shape index (κ3) is 10.6. The second-order valence-corrected chi connectivity index (χ2v) is 7.33. The quantitative estimate of drug-likeness (QED) is 0.142. The lowest BCUT2D eigenvalue weighted by atomic mass is 10.1. The number of aliphatic carboxylic acids is 2. The number of nitrogens with two attached hydrogens (primary N) is 2. The molecule has 0 aliphatic carbocycles. The average Bonchev–Trinajstić information content (AvgIpc) is 2.62. The van der Waals surface area contributed by atoms with E-state index in [1.165, 1.54) is 18.7 Å². The molecule has 0 fully saturated rings. The van der Waals surface area contributed by atoms with Gasteiger partial charge in [-0.25, -0.2) is 0 Å². The van der Waals surface area contributed by atoms with E-state index in [9.17, 15) is 28.8 Å². The SMILES string of the molecule is CSCCC(NC(=O)C(CC(=O)O)NC(=O)C(N)CC(N)=O)C(=O)NC(C)C(=O)O. The highest BCUT2D eigenvalue weighted by Gasteiger charge is 2.30. The highest BCUT2D eigenvalue weighted by Crippen LogP contribution is 2.04. The molecule has 0 aromatic heterocycles. The number of nitrogens with one attached hydrogen (secondary N) is 3. The highest BCUT2D eigenvalue weighted by molar-refractivity contribution is 7.98. The topological polar surface area (TPSA) is 231 Å². The molecule has 13 nitrogen and oxygen atoms in total. The van der Waals surface area contributed by atoms with E-state index in [1.807, 2.05) is 0 Å². The van der Waals surface area contributed by atoms with Crippen LogP contribution in [-0.4, -0.2) is 82.0 Å². The molecule has 0 aromatic carbocycles. The standard InChI is InChI=1S/C16H27N5O8S/c1-7(16(28)29)19-14(26)9(3-4-30-2)20-15(27)10(6-12(23)24)21-13(25)8(17)5-11(18)22/h7-10H,3-6,17H2,1-2H3,(H2,18,22)(H,19,26)(H,20,27)(H,21,25)(H,23,24)(H,28,29). The molecule has 0 aliphatic heterocycles. The molecule has 4 atom stereocenters. The van der Waals surface area contributed by atoms with Crippen LogP contribution >= 0.6 is 11.8 Å². The van der Waals surface area contributed by atoms with E-state index in [-0.39, 0.29) is 6.42 Å². The predicted octanol–water partition coefficient (Wildman–Crippen LogP) is -3.02. The lowest BCUT2D eigenvalue weighted by Gasteiger charge is -2.23. The zero-order valence-corrected chi connectivity index (χ0v) is 17.4. The van der Waals surface area contributed by atoms with E-state index in [1.54, 1.807) is 6.26 Å². The number of hydrogen-bond acceptors (Lipinski definition) is 8. The van der Waals surface area contributed by atoms with E-state index >= 15 is 0 Å². The molecular formula is C16H27N5O8S. The van der Waals surface area contributed by atoms with Crippen molar-refractivity contribution in [3.05, 3.63) is 0 Å². The summed E-state index contributed by atoms with van der Waals surface area (Å²) in [6.45, 7) is 1.24. The van der Waals surface area contributed by atoms with Crippen molar-refractivity contribution in [3.63, 3.8) is 0 Å². The van der Waals surface area contributed by atoms with Crippen LogP contribution < -0.4 is 27.4 Å². The smallest absolute Gasteiger partial charge is 0.325 e. The van der Waals surface area contributed by atoms with Gasteiger partial charge in [0, 0.05) is 0 Å². The number of rotatable bonds is 14. The number of carboxylic acids is 2. The van der Waals surface area contributed by atoms with E-state index in [0.717, 1.165) is 0 Å². The first-order valence-electron chi connectivity index (χ1n) is 8.77. The molecule has 0 spiro atoms. The first kappa shape index (κ1) is 27.1. The lowest BCUT2D eigenvalue weighted by Crippen LogP contribution is -2.57. The van der Waals surface area contributed by atoms with Crippen LogP contribution in [0, 0.1) is 0 Å². The third-order valence-corrected chi connectivity index (χ3v) is 4.39. The number of carbonyl (C=O) groups excluding carboxylic acids is 4. The Hall–Kier alpha value is -2.87. The summed E-state index contributed by atoms with van der Waals surface area (Å²) < 4.78 is 0. The summed E-state index contributed by atoms with van der Waals surface area (Å²) in [5, 5.41) is 24.6. The molecule has 14 heteroatoms. The van der Waals surface area contributed by atoms with E-state index in [4.69, 9.17) is 21.7 Å². The fourth-order valence-electron chi connectivity index (χ4n) is 2.12. The summed E-state index contributed by atoms with van der Waals surface area (Å²) in [5.74, 6) is -5.86. The largest absolute Gasteiger partial charge is 0.481 e. The second-order valence-electron chi connectivity index (χ2n) is 6.35. The van der Waals surface area contributed by atoms with Gasteiger partial charge in [-0.3, -0.25) is 28.8 Å². The molecule has 0 rings (SSSR count). The summed E-state index contributed by atoms with van der Waals surface area (Å²) >= 11 is 1.37. The molecule has 0 aromatic rings. The summed E-state index contributed by atoms with van der Waals surface area (Å²) in [4.78, 5) is 69.7. The van der Waals surface area contributed by atoms with Crippen LogP contribution in [0.1, 0.15) is 26.2 Å². The van der Waals surface area contributed by atoms with Gasteiger partial charge in [-0.15, -0.1) is 0 Å². The number of primary amides is 1. The van der Waals surface area contributed by atoms with Gasteiger partial charge in [0.1, 0.15) is 18.1 Å². The van der Waals surface area contributed by atoms with Gasteiger partial charge in [-0.1, -0.05) is 0 Å². The molecule has 4 unspecified atom stereocenters. The van der Waals surface area contributed by atoms with Gasteiger partial charge in [-0.05, 0) is 25.4 Å². The van der Waals surface area contributed by atoms with Gasteiger partial charge in [0.05, 0.1) is 18.9 Å². The molecule has 170 valence electrons. The first-order valence-corrected chi connectivity index (χ1v) is 10.2. The highest BCUT2D eigenvalue weighted by atomic mass is 32.2. The fourth-order valence-corrected chi connectivity index (χ4v) is 2.60. The maximum absolute atomic E-state index is 12.5. The van der Waals surface area contributed by atoms with Gasteiger partial charge in [0.15, 0.2) is 0 Å². The molecule has 0 heterocycles. The van der Waals surface area contributed by atoms with Crippen LogP contribution in [0.3, 0.4) is 0 Å². The zero-order chi connectivity index (χ0) is 23.4. The molecule has 0 saturated carbocycles. The number of hydrogen-bond donors (Lipinski definition) is 7. The third-order valence-electron chi connectivity index (χ3n) is 3.74. The van der Waals surface area contributed by atoms with E-state index in [2.05, 4.69) is 16.0 Å². The Morgan fingerprint density at radius 3 is 1.90 bits per heavy atom. The minimum Gasteiger partial charge on any atom is -0.481 e. The van der Waals surface area contributed by atoms with Crippen LogP contribution in [-0.2, 0) is 28.8 Å². The normalized spacial score (nSPS) is 14.5. The van der Waals surface area contributed by atoms with Crippen molar-refractivity contribution in [1.29, 1.82) is 0 Å². The zero-order valence-electron chi connectivity index (χ0n) is 16.5. The van der Waals surface area contributed by atoms with Gasteiger partial charge in [0.25, 0.3) is 0 Å². The Morgan fingerprint density at radius 2 is 1.43 bits per heavy atom. The summed E-state index contributed by atoms with van der Waals surface area (Å²) in [7, 11) is 0. The van der Waals surface area contributed by atoms with Gasteiger partial charge >= 0.3 is 11.9 Å². The summed E-state index contributed by atoms with van der Waals surface area (Å²) in [6, 6.07) is -5.36. The Morgan fingerprint density at radius 1 is 0.900 bits per heavy atom. The Balaban J connectivity index is 5.33. The average molecular weight is 449 g/mol. The number of carbonyl (C=O) groups is 6. The van der Waals surface area contributed by atoms with Crippen molar-refractivity contribution in [3.8, 4) is 0 Å². The maximum atomic E-state index is 12.5. The number of thioether (sulfide) groups is 1. The van der Waals surface area contributed by atoms with Gasteiger partial charge in [0.2, 0.25) is 23.6 Å². The van der Waals surface area contributed by atoms with Crippen molar-refractivity contribution in [1.82, 2.24) is 16.0 Å². The van der Waals surface area contributed by atoms with Crippen molar-refractivity contribution >= 4 is 47.3 Å². The molecular weight excluding hydrogens is 422 g/mol.